The van der Waals surface area contributed by atoms with E-state index in [1.807, 2.05) is 0 Å². The van der Waals surface area contributed by atoms with Crippen LogP contribution >= 0.6 is 0 Å². The lowest BCUT2D eigenvalue weighted by Gasteiger charge is -2.24. The van der Waals surface area contributed by atoms with E-state index in [4.69, 9.17) is 15.3 Å². The lowest BCUT2D eigenvalue weighted by Crippen LogP contribution is -2.43. The Morgan fingerprint density at radius 2 is 1.62 bits per heavy atom. The van der Waals surface area contributed by atoms with E-state index in [1.165, 1.54) is 25.8 Å². The van der Waals surface area contributed by atoms with Crippen LogP contribution in [-0.2, 0) is 4.79 Å². The summed E-state index contributed by atoms with van der Waals surface area (Å²) in [4.78, 5) is 12.0. The van der Waals surface area contributed by atoms with Crippen LogP contribution in [0.2, 0.25) is 0 Å². The van der Waals surface area contributed by atoms with Crippen LogP contribution < -0.4 is 0 Å². The van der Waals surface area contributed by atoms with Crippen LogP contribution in [0.4, 0.5) is 0 Å². The molecule has 98 valence electrons. The Kier molecular flexibility index (Phi) is 10.5. The summed E-state index contributed by atoms with van der Waals surface area (Å²) in [6.45, 7) is 2.00. The van der Waals surface area contributed by atoms with Crippen LogP contribution in [-0.4, -0.2) is 75.0 Å². The Labute approximate surface area is 94.6 Å². The van der Waals surface area contributed by atoms with Crippen molar-refractivity contribution in [3.63, 3.8) is 0 Å². The Hall–Kier alpha value is -0.730. The van der Waals surface area contributed by atoms with Crippen molar-refractivity contribution < 1.29 is 30.3 Å². The highest BCUT2D eigenvalue weighted by molar-refractivity contribution is 5.72. The number of carbonyl (C=O) groups excluding carboxylic acids is 1. The zero-order valence-corrected chi connectivity index (χ0v) is 9.74. The summed E-state index contributed by atoms with van der Waals surface area (Å²) in [6, 6.07) is 0. The van der Waals surface area contributed by atoms with E-state index in [2.05, 4.69) is 0 Å². The third-order valence-electron chi connectivity index (χ3n) is 1.89. The van der Waals surface area contributed by atoms with Gasteiger partial charge >= 0.3 is 0 Å². The smallest absolute Gasteiger partial charge is 0.219 e. The van der Waals surface area contributed by atoms with E-state index >= 15 is 0 Å². The number of hydrogen-bond acceptors (Lipinski definition) is 6. The number of carbonyl (C=O) groups is 1. The summed E-state index contributed by atoms with van der Waals surface area (Å²) >= 11 is 0. The van der Waals surface area contributed by atoms with E-state index in [-0.39, 0.29) is 12.5 Å². The van der Waals surface area contributed by atoms with Gasteiger partial charge in [0.15, 0.2) is 0 Å². The number of amides is 1. The molecule has 0 rings (SSSR count). The van der Waals surface area contributed by atoms with Gasteiger partial charge in [0, 0.05) is 20.5 Å². The quantitative estimate of drug-likeness (QED) is 0.346. The molecule has 0 saturated heterocycles. The summed E-state index contributed by atoms with van der Waals surface area (Å²) < 4.78 is 0. The molecule has 3 unspecified atom stereocenters. The van der Waals surface area contributed by atoms with E-state index in [9.17, 15) is 15.0 Å². The van der Waals surface area contributed by atoms with Crippen molar-refractivity contribution >= 4 is 5.91 Å². The number of aliphatic hydroxyl groups is 5. The number of hydrogen-bond donors (Lipinski definition) is 5. The van der Waals surface area contributed by atoms with Gasteiger partial charge in [0.05, 0.1) is 12.2 Å². The van der Waals surface area contributed by atoms with Crippen molar-refractivity contribution in [3.8, 4) is 0 Å². The fourth-order valence-electron chi connectivity index (χ4n) is 0.839. The first-order valence-electron chi connectivity index (χ1n) is 4.75. The molecule has 0 aliphatic carbocycles. The van der Waals surface area contributed by atoms with Crippen molar-refractivity contribution in [1.29, 1.82) is 0 Å². The van der Waals surface area contributed by atoms with Gasteiger partial charge in [0.2, 0.25) is 5.91 Å². The molecule has 0 bridgehead atoms. The topological polar surface area (TPSA) is 121 Å². The SMILES string of the molecule is CC(=O)N(C)CC(O)C(O)C(C)O.OCO. The highest BCUT2D eigenvalue weighted by Gasteiger charge is 2.22. The minimum Gasteiger partial charge on any atom is -0.391 e. The predicted molar refractivity (Wildman–Crippen MR) is 56.3 cm³/mol. The summed E-state index contributed by atoms with van der Waals surface area (Å²) in [5, 5.41) is 41.7. The summed E-state index contributed by atoms with van der Waals surface area (Å²) in [5.74, 6) is -0.197. The second kappa shape index (κ2) is 9.49. The Morgan fingerprint density at radius 1 is 1.25 bits per heavy atom. The molecule has 0 aromatic carbocycles. The largest absolute Gasteiger partial charge is 0.391 e. The third-order valence-corrected chi connectivity index (χ3v) is 1.89. The highest BCUT2D eigenvalue weighted by atomic mass is 16.5. The average Bonchev–Trinajstić information content (AvgIpc) is 2.17. The van der Waals surface area contributed by atoms with Crippen LogP contribution in [0.25, 0.3) is 0 Å². The Balaban J connectivity index is 0. The van der Waals surface area contributed by atoms with Crippen LogP contribution in [0.5, 0.6) is 0 Å². The van der Waals surface area contributed by atoms with Crippen molar-refractivity contribution in [2.24, 2.45) is 0 Å². The lowest BCUT2D eigenvalue weighted by molar-refractivity contribution is -0.131. The van der Waals surface area contributed by atoms with E-state index < -0.39 is 25.1 Å². The summed E-state index contributed by atoms with van der Waals surface area (Å²) in [6.07, 6.45) is -3.34. The molecule has 3 atom stereocenters. The number of likely N-dealkylation sites (N-methyl/N-ethyl adjacent to an activating group) is 1. The van der Waals surface area contributed by atoms with Crippen molar-refractivity contribution in [2.75, 3.05) is 20.4 Å². The molecule has 0 spiro atoms. The minimum atomic E-state index is -1.22. The van der Waals surface area contributed by atoms with Gasteiger partial charge in [0.25, 0.3) is 0 Å². The zero-order valence-electron chi connectivity index (χ0n) is 9.74. The van der Waals surface area contributed by atoms with Gasteiger partial charge in [0.1, 0.15) is 12.9 Å². The lowest BCUT2D eigenvalue weighted by atomic mass is 10.1. The van der Waals surface area contributed by atoms with Crippen molar-refractivity contribution in [2.45, 2.75) is 32.2 Å². The fraction of sp³-hybridized carbons (Fsp3) is 0.889. The number of aliphatic hydroxyl groups excluding tert-OH is 4. The Bertz CT molecular complexity index is 187. The predicted octanol–water partition coefficient (Wildman–Crippen LogP) is -2.50. The molecule has 7 heteroatoms. The first kappa shape index (κ1) is 17.7. The third kappa shape index (κ3) is 8.57. The van der Waals surface area contributed by atoms with Gasteiger partial charge in [-0.25, -0.2) is 0 Å². The van der Waals surface area contributed by atoms with Gasteiger partial charge < -0.3 is 30.4 Å². The standard InChI is InChI=1S/C8H17NO4.CH4O2/c1-5(10)8(13)7(12)4-9(3)6(2)11;2-1-3/h5,7-8,10,12-13H,4H2,1-3H3;2-3H,1H2. The first-order valence-corrected chi connectivity index (χ1v) is 4.75. The van der Waals surface area contributed by atoms with Gasteiger partial charge in [-0.15, -0.1) is 0 Å². The van der Waals surface area contributed by atoms with Gasteiger partial charge in [-0.2, -0.15) is 0 Å². The maximum Gasteiger partial charge on any atom is 0.219 e. The molecule has 0 radical (unpaired) electrons. The molecule has 0 aromatic rings. The first-order chi connectivity index (χ1) is 7.27. The van der Waals surface area contributed by atoms with Crippen LogP contribution in [0, 0.1) is 0 Å². The van der Waals surface area contributed by atoms with Gasteiger partial charge in [-0.1, -0.05) is 0 Å². The molecule has 0 fully saturated rings. The molecular formula is C9H21NO6. The van der Waals surface area contributed by atoms with Crippen molar-refractivity contribution in [3.05, 3.63) is 0 Å². The van der Waals surface area contributed by atoms with Gasteiger partial charge in [-0.3, -0.25) is 4.79 Å². The van der Waals surface area contributed by atoms with Crippen LogP contribution in [0.15, 0.2) is 0 Å². The maximum atomic E-state index is 10.7. The molecular weight excluding hydrogens is 218 g/mol. The molecule has 16 heavy (non-hydrogen) atoms. The molecule has 0 aliphatic rings. The monoisotopic (exact) mass is 239 g/mol. The zero-order chi connectivity index (χ0) is 13.3. The fourth-order valence-corrected chi connectivity index (χ4v) is 0.839. The van der Waals surface area contributed by atoms with Crippen LogP contribution in [0.3, 0.4) is 0 Å². The molecule has 1 amide bonds. The molecule has 0 heterocycles. The second-order valence-corrected chi connectivity index (χ2v) is 3.34. The molecule has 0 aromatic heterocycles. The second-order valence-electron chi connectivity index (χ2n) is 3.34. The molecule has 7 nitrogen and oxygen atoms in total. The molecule has 0 saturated carbocycles. The minimum absolute atomic E-state index is 0.0153. The maximum absolute atomic E-state index is 10.7. The average molecular weight is 239 g/mol. The normalized spacial score (nSPS) is 15.5. The van der Waals surface area contributed by atoms with Gasteiger partial charge in [-0.05, 0) is 6.92 Å². The summed E-state index contributed by atoms with van der Waals surface area (Å²) in [7, 11) is 1.51. The van der Waals surface area contributed by atoms with E-state index in [1.54, 1.807) is 0 Å². The molecule has 0 aliphatic heterocycles. The van der Waals surface area contributed by atoms with E-state index in [0.717, 1.165) is 0 Å². The Morgan fingerprint density at radius 3 is 1.88 bits per heavy atom. The van der Waals surface area contributed by atoms with E-state index in [0.29, 0.717) is 0 Å². The van der Waals surface area contributed by atoms with Crippen LogP contribution in [0.1, 0.15) is 13.8 Å². The summed E-state index contributed by atoms with van der Waals surface area (Å²) in [5.41, 5.74) is 0. The highest BCUT2D eigenvalue weighted by Crippen LogP contribution is 2.01. The molecule has 5 N–H and O–H groups in total. The number of rotatable bonds is 4. The van der Waals surface area contributed by atoms with Crippen molar-refractivity contribution in [1.82, 2.24) is 4.90 Å². The number of nitrogens with zero attached hydrogens (tertiary/aromatic N) is 1.